The van der Waals surface area contributed by atoms with E-state index in [0.717, 1.165) is 31.2 Å². The number of benzene rings is 2. The summed E-state index contributed by atoms with van der Waals surface area (Å²) in [4.78, 5) is 48.5. The van der Waals surface area contributed by atoms with Gasteiger partial charge < -0.3 is 19.4 Å². The second-order valence-electron chi connectivity index (χ2n) is 10.7. The topological polar surface area (TPSA) is 105 Å². The SMILES string of the molecule is O=C(N[C@@H](CC1CCCCC1)C(=O)N(CCCc1ccccc1)C(=O)c1nc2ccccc2o1)N1CCOCC1. The lowest BCUT2D eigenvalue weighted by Crippen LogP contribution is -2.55. The molecule has 2 aromatic carbocycles. The summed E-state index contributed by atoms with van der Waals surface area (Å²) in [6.45, 7) is 2.07. The smallest absolute Gasteiger partial charge is 0.318 e. The molecular weight excluding hydrogens is 508 g/mol. The van der Waals surface area contributed by atoms with Gasteiger partial charge in [0.2, 0.25) is 0 Å². The minimum atomic E-state index is -0.816. The highest BCUT2D eigenvalue weighted by molar-refractivity contribution is 6.05. The first-order valence-corrected chi connectivity index (χ1v) is 14.5. The van der Waals surface area contributed by atoms with Crippen LogP contribution in [0.2, 0.25) is 0 Å². The predicted octanol–water partition coefficient (Wildman–Crippen LogP) is 4.81. The molecule has 2 heterocycles. The van der Waals surface area contributed by atoms with Crippen molar-refractivity contribution in [2.24, 2.45) is 5.92 Å². The first-order valence-electron chi connectivity index (χ1n) is 14.5. The number of carbonyl (C=O) groups is 3. The van der Waals surface area contributed by atoms with E-state index in [1.807, 2.05) is 42.5 Å². The van der Waals surface area contributed by atoms with E-state index in [4.69, 9.17) is 9.15 Å². The van der Waals surface area contributed by atoms with Crippen LogP contribution in [0.5, 0.6) is 0 Å². The van der Waals surface area contributed by atoms with Crippen LogP contribution in [0.15, 0.2) is 59.0 Å². The minimum absolute atomic E-state index is 0.120. The fraction of sp³-hybridized carbons (Fsp3) is 0.484. The van der Waals surface area contributed by atoms with Crippen LogP contribution in [0.1, 0.15) is 61.2 Å². The van der Waals surface area contributed by atoms with Crippen molar-refractivity contribution >= 4 is 28.9 Å². The lowest BCUT2D eigenvalue weighted by molar-refractivity contribution is -0.131. The quantitative estimate of drug-likeness (QED) is 0.413. The van der Waals surface area contributed by atoms with E-state index in [1.54, 1.807) is 17.0 Å². The Bertz CT molecular complexity index is 1250. The molecule has 40 heavy (non-hydrogen) atoms. The first-order chi connectivity index (χ1) is 19.6. The number of aryl methyl sites for hydroxylation is 1. The van der Waals surface area contributed by atoms with Gasteiger partial charge in [-0.1, -0.05) is 74.6 Å². The van der Waals surface area contributed by atoms with Gasteiger partial charge in [-0.3, -0.25) is 14.5 Å². The third-order valence-electron chi connectivity index (χ3n) is 7.87. The Kier molecular flexibility index (Phi) is 9.44. The van der Waals surface area contributed by atoms with Gasteiger partial charge in [0, 0.05) is 19.6 Å². The molecule has 0 radical (unpaired) electrons. The summed E-state index contributed by atoms with van der Waals surface area (Å²) in [5.74, 6) is -0.792. The van der Waals surface area contributed by atoms with Crippen molar-refractivity contribution < 1.29 is 23.5 Å². The zero-order chi connectivity index (χ0) is 27.7. The lowest BCUT2D eigenvalue weighted by atomic mass is 9.84. The summed E-state index contributed by atoms with van der Waals surface area (Å²) in [6, 6.07) is 16.0. The molecule has 5 rings (SSSR count). The summed E-state index contributed by atoms with van der Waals surface area (Å²) in [7, 11) is 0. The highest BCUT2D eigenvalue weighted by Gasteiger charge is 2.35. The molecule has 1 N–H and O–H groups in total. The van der Waals surface area contributed by atoms with E-state index in [1.165, 1.54) is 11.3 Å². The number of morpholine rings is 1. The summed E-state index contributed by atoms with van der Waals surface area (Å²) in [6.07, 6.45) is 7.25. The van der Waals surface area contributed by atoms with Crippen LogP contribution in [0, 0.1) is 5.92 Å². The molecule has 0 unspecified atom stereocenters. The van der Waals surface area contributed by atoms with E-state index in [-0.39, 0.29) is 18.5 Å². The number of rotatable bonds is 9. The van der Waals surface area contributed by atoms with Gasteiger partial charge in [-0.05, 0) is 42.9 Å². The average Bonchev–Trinajstić information content (AvgIpc) is 3.44. The van der Waals surface area contributed by atoms with Gasteiger partial charge in [-0.25, -0.2) is 9.78 Å². The third-order valence-corrected chi connectivity index (χ3v) is 7.87. The number of amides is 4. The Morgan fingerprint density at radius 3 is 2.45 bits per heavy atom. The van der Waals surface area contributed by atoms with Crippen molar-refractivity contribution in [3.05, 3.63) is 66.1 Å². The molecule has 1 aromatic heterocycles. The van der Waals surface area contributed by atoms with Crippen LogP contribution < -0.4 is 5.32 Å². The third kappa shape index (κ3) is 7.07. The van der Waals surface area contributed by atoms with Gasteiger partial charge in [-0.15, -0.1) is 0 Å². The van der Waals surface area contributed by atoms with Crippen LogP contribution in [0.4, 0.5) is 4.79 Å². The number of aromatic nitrogens is 1. The number of hydrogen-bond acceptors (Lipinski definition) is 6. The zero-order valence-electron chi connectivity index (χ0n) is 22.9. The molecule has 1 saturated carbocycles. The maximum Gasteiger partial charge on any atom is 0.318 e. The highest BCUT2D eigenvalue weighted by Crippen LogP contribution is 2.28. The number of oxazole rings is 1. The number of ether oxygens (including phenoxy) is 1. The van der Waals surface area contributed by atoms with Crippen molar-refractivity contribution in [2.45, 2.75) is 57.4 Å². The van der Waals surface area contributed by atoms with Crippen LogP contribution in [-0.4, -0.2) is 71.5 Å². The predicted molar refractivity (Wildman–Crippen MR) is 151 cm³/mol. The normalized spacial score (nSPS) is 16.9. The van der Waals surface area contributed by atoms with Crippen molar-refractivity contribution in [3.63, 3.8) is 0 Å². The maximum atomic E-state index is 14.2. The second kappa shape index (κ2) is 13.6. The number of carbonyl (C=O) groups excluding carboxylic acids is 3. The molecule has 0 bridgehead atoms. The zero-order valence-corrected chi connectivity index (χ0v) is 22.9. The number of para-hydroxylation sites is 2. The van der Waals surface area contributed by atoms with Gasteiger partial charge in [-0.2, -0.15) is 0 Å². The number of hydrogen-bond donors (Lipinski definition) is 1. The van der Waals surface area contributed by atoms with Crippen molar-refractivity contribution in [1.82, 2.24) is 20.1 Å². The molecule has 0 spiro atoms. The van der Waals surface area contributed by atoms with Crippen LogP contribution >= 0.6 is 0 Å². The van der Waals surface area contributed by atoms with E-state index >= 15 is 0 Å². The van der Waals surface area contributed by atoms with Gasteiger partial charge >= 0.3 is 11.9 Å². The monoisotopic (exact) mass is 546 g/mol. The van der Waals surface area contributed by atoms with Crippen molar-refractivity contribution in [1.29, 1.82) is 0 Å². The fourth-order valence-electron chi connectivity index (χ4n) is 5.65. The van der Waals surface area contributed by atoms with Crippen molar-refractivity contribution in [2.75, 3.05) is 32.8 Å². The standard InChI is InChI=1S/C31H38N4O5/c36-29(26(22-24-12-5-2-6-13-24)33-31(38)34-18-20-39-21-19-34)35(17-9-14-23-10-3-1-4-11-23)30(37)28-32-25-15-7-8-16-27(25)40-28/h1,3-4,7-8,10-11,15-16,24,26H,2,5-6,9,12-14,17-22H2,(H,33,38)/t26-/m0/s1. The number of imide groups is 1. The van der Waals surface area contributed by atoms with E-state index < -0.39 is 17.9 Å². The Morgan fingerprint density at radius 2 is 1.70 bits per heavy atom. The van der Waals surface area contributed by atoms with Gasteiger partial charge in [0.15, 0.2) is 5.58 Å². The number of nitrogens with one attached hydrogen (secondary N) is 1. The maximum absolute atomic E-state index is 14.2. The molecule has 4 amide bonds. The first kappa shape index (κ1) is 27.8. The Balaban J connectivity index is 1.38. The summed E-state index contributed by atoms with van der Waals surface area (Å²) in [5, 5.41) is 2.99. The molecule has 212 valence electrons. The second-order valence-corrected chi connectivity index (χ2v) is 10.7. The lowest BCUT2D eigenvalue weighted by Gasteiger charge is -2.33. The van der Waals surface area contributed by atoms with Crippen LogP contribution in [0.25, 0.3) is 11.1 Å². The number of urea groups is 1. The molecular formula is C31H38N4O5. The number of fused-ring (bicyclic) bond motifs is 1. The highest BCUT2D eigenvalue weighted by atomic mass is 16.5. The Hall–Kier alpha value is -3.72. The summed E-state index contributed by atoms with van der Waals surface area (Å²) in [5.41, 5.74) is 2.17. The van der Waals surface area contributed by atoms with Crippen molar-refractivity contribution in [3.8, 4) is 0 Å². The summed E-state index contributed by atoms with van der Waals surface area (Å²) < 4.78 is 11.2. The molecule has 3 aromatic rings. The van der Waals surface area contributed by atoms with Gasteiger partial charge in [0.25, 0.3) is 11.8 Å². The molecule has 1 aliphatic carbocycles. The average molecular weight is 547 g/mol. The van der Waals surface area contributed by atoms with Crippen LogP contribution in [-0.2, 0) is 16.0 Å². The largest absolute Gasteiger partial charge is 0.432 e. The minimum Gasteiger partial charge on any atom is -0.432 e. The fourth-order valence-corrected chi connectivity index (χ4v) is 5.65. The molecule has 9 heteroatoms. The molecule has 1 aliphatic heterocycles. The Morgan fingerprint density at radius 1 is 0.975 bits per heavy atom. The Labute approximate surface area is 234 Å². The van der Waals surface area contributed by atoms with E-state index in [9.17, 15) is 14.4 Å². The summed E-state index contributed by atoms with van der Waals surface area (Å²) >= 11 is 0. The molecule has 9 nitrogen and oxygen atoms in total. The molecule has 2 fully saturated rings. The van der Waals surface area contributed by atoms with Gasteiger partial charge in [0.05, 0.1) is 13.2 Å². The molecule has 1 saturated heterocycles. The molecule has 1 atom stereocenters. The van der Waals surface area contributed by atoms with Gasteiger partial charge in [0.1, 0.15) is 11.6 Å². The van der Waals surface area contributed by atoms with E-state index in [2.05, 4.69) is 10.3 Å². The van der Waals surface area contributed by atoms with E-state index in [0.29, 0.717) is 62.6 Å². The molecule has 2 aliphatic rings. The van der Waals surface area contributed by atoms with Crippen LogP contribution in [0.3, 0.4) is 0 Å². The number of nitrogens with zero attached hydrogens (tertiary/aromatic N) is 3.